The van der Waals surface area contributed by atoms with Gasteiger partial charge in [-0.3, -0.25) is 4.98 Å². The molecule has 3 aromatic heterocycles. The molecule has 3 heterocycles. The number of hydrogen-bond acceptors (Lipinski definition) is 8. The van der Waals surface area contributed by atoms with Crippen LogP contribution >= 0.6 is 34.7 Å². The van der Waals surface area contributed by atoms with Gasteiger partial charge in [-0.25, -0.2) is 4.98 Å². The molecule has 0 amide bonds. The van der Waals surface area contributed by atoms with Gasteiger partial charge in [0.05, 0.1) is 5.69 Å². The highest BCUT2D eigenvalue weighted by atomic mass is 35.5. The quantitative estimate of drug-likeness (QED) is 0.387. The zero-order chi connectivity index (χ0) is 18.5. The van der Waals surface area contributed by atoms with Gasteiger partial charge in [0.25, 0.3) is 5.22 Å². The molecule has 0 bridgehead atoms. The Morgan fingerprint density at radius 2 is 1.89 bits per heavy atom. The third kappa shape index (κ3) is 4.85. The standard InChI is InChI=1S/C18H13ClN4O2S2/c19-13-1-3-15(4-2-13)24-9-16-21-14(10-26-16)11-27-18-23-22-17(25-18)12-5-7-20-8-6-12/h1-8,10H,9,11H2. The fourth-order valence-electron chi connectivity index (χ4n) is 2.17. The van der Waals surface area contributed by atoms with Gasteiger partial charge in [0, 0.05) is 34.1 Å². The number of aromatic nitrogens is 4. The number of thioether (sulfide) groups is 1. The summed E-state index contributed by atoms with van der Waals surface area (Å²) in [6.07, 6.45) is 3.38. The first-order valence-corrected chi connectivity index (χ1v) is 10.2. The molecule has 4 aromatic rings. The van der Waals surface area contributed by atoms with Crippen LogP contribution < -0.4 is 4.74 Å². The topological polar surface area (TPSA) is 73.9 Å². The van der Waals surface area contributed by atoms with E-state index in [-0.39, 0.29) is 0 Å². The maximum absolute atomic E-state index is 5.87. The Kier molecular flexibility index (Phi) is 5.66. The van der Waals surface area contributed by atoms with Gasteiger partial charge in [0.2, 0.25) is 5.89 Å². The van der Waals surface area contributed by atoms with Gasteiger partial charge in [0.1, 0.15) is 17.4 Å². The fourth-order valence-corrected chi connectivity index (χ4v) is 3.76. The molecule has 9 heteroatoms. The Hall–Kier alpha value is -2.42. The van der Waals surface area contributed by atoms with Crippen LogP contribution in [-0.4, -0.2) is 20.2 Å². The lowest BCUT2D eigenvalue weighted by Gasteiger charge is -2.03. The second kappa shape index (κ2) is 8.51. The SMILES string of the molecule is Clc1ccc(OCc2nc(CSc3nnc(-c4ccncc4)o3)cs2)cc1. The highest BCUT2D eigenvalue weighted by molar-refractivity contribution is 7.98. The molecule has 6 nitrogen and oxygen atoms in total. The minimum atomic E-state index is 0.420. The predicted molar refractivity (Wildman–Crippen MR) is 105 cm³/mol. The zero-order valence-electron chi connectivity index (χ0n) is 13.9. The van der Waals surface area contributed by atoms with Crippen LogP contribution in [0.1, 0.15) is 10.7 Å². The summed E-state index contributed by atoms with van der Waals surface area (Å²) in [4.78, 5) is 8.55. The fraction of sp³-hybridized carbons (Fsp3) is 0.111. The molecule has 0 saturated heterocycles. The molecular weight excluding hydrogens is 404 g/mol. The van der Waals surface area contributed by atoms with Crippen LogP contribution in [0.3, 0.4) is 0 Å². The molecule has 1 aromatic carbocycles. The normalized spacial score (nSPS) is 10.9. The Morgan fingerprint density at radius 1 is 1.07 bits per heavy atom. The van der Waals surface area contributed by atoms with E-state index in [0.29, 0.717) is 28.5 Å². The molecular formula is C18H13ClN4O2S2. The van der Waals surface area contributed by atoms with E-state index in [0.717, 1.165) is 22.0 Å². The van der Waals surface area contributed by atoms with E-state index in [2.05, 4.69) is 20.2 Å². The van der Waals surface area contributed by atoms with Crippen LogP contribution in [0, 0.1) is 0 Å². The summed E-state index contributed by atoms with van der Waals surface area (Å²) in [6.45, 7) is 0.420. The van der Waals surface area contributed by atoms with Crippen molar-refractivity contribution in [3.8, 4) is 17.2 Å². The first-order chi connectivity index (χ1) is 13.3. The molecule has 0 unspecified atom stereocenters. The lowest BCUT2D eigenvalue weighted by molar-refractivity contribution is 0.305. The number of nitrogens with zero attached hydrogens (tertiary/aromatic N) is 4. The predicted octanol–water partition coefficient (Wildman–Crippen LogP) is 5.11. The van der Waals surface area contributed by atoms with Crippen molar-refractivity contribution < 1.29 is 9.15 Å². The summed E-state index contributed by atoms with van der Waals surface area (Å²) >= 11 is 8.88. The maximum atomic E-state index is 5.87. The smallest absolute Gasteiger partial charge is 0.277 e. The van der Waals surface area contributed by atoms with E-state index in [4.69, 9.17) is 20.8 Å². The minimum Gasteiger partial charge on any atom is -0.486 e. The first kappa shape index (κ1) is 18.0. The van der Waals surface area contributed by atoms with Gasteiger partial charge in [-0.2, -0.15) is 0 Å². The average Bonchev–Trinajstić information content (AvgIpc) is 3.36. The van der Waals surface area contributed by atoms with E-state index < -0.39 is 0 Å². The molecule has 0 fully saturated rings. The van der Waals surface area contributed by atoms with Crippen LogP contribution in [0.25, 0.3) is 11.5 Å². The van der Waals surface area contributed by atoms with E-state index in [9.17, 15) is 0 Å². The molecule has 0 N–H and O–H groups in total. The average molecular weight is 417 g/mol. The third-order valence-corrected chi connectivity index (χ3v) is 5.43. The second-order valence-corrected chi connectivity index (χ2v) is 7.68. The van der Waals surface area contributed by atoms with Crippen molar-refractivity contribution in [2.75, 3.05) is 0 Å². The largest absolute Gasteiger partial charge is 0.486 e. The van der Waals surface area contributed by atoms with Crippen molar-refractivity contribution in [1.82, 2.24) is 20.2 Å². The van der Waals surface area contributed by atoms with Gasteiger partial charge >= 0.3 is 0 Å². The number of hydrogen-bond donors (Lipinski definition) is 0. The Balaban J connectivity index is 1.31. The molecule has 136 valence electrons. The summed E-state index contributed by atoms with van der Waals surface area (Å²) < 4.78 is 11.4. The molecule has 4 rings (SSSR count). The van der Waals surface area contributed by atoms with Gasteiger partial charge < -0.3 is 9.15 Å². The van der Waals surface area contributed by atoms with Crippen molar-refractivity contribution >= 4 is 34.7 Å². The zero-order valence-corrected chi connectivity index (χ0v) is 16.3. The number of thiazole rings is 1. The van der Waals surface area contributed by atoms with E-state index in [1.54, 1.807) is 35.9 Å². The van der Waals surface area contributed by atoms with Crippen LogP contribution in [-0.2, 0) is 12.4 Å². The summed E-state index contributed by atoms with van der Waals surface area (Å²) in [5, 5.41) is 12.2. The summed E-state index contributed by atoms with van der Waals surface area (Å²) in [5.41, 5.74) is 1.79. The lowest BCUT2D eigenvalue weighted by atomic mass is 10.3. The molecule has 0 atom stereocenters. The van der Waals surface area contributed by atoms with Crippen molar-refractivity contribution in [3.63, 3.8) is 0 Å². The Labute approximate surface area is 168 Å². The summed E-state index contributed by atoms with van der Waals surface area (Å²) in [5.74, 6) is 1.89. The maximum Gasteiger partial charge on any atom is 0.277 e. The first-order valence-electron chi connectivity index (χ1n) is 7.94. The summed E-state index contributed by atoms with van der Waals surface area (Å²) in [7, 11) is 0. The van der Waals surface area contributed by atoms with Crippen molar-refractivity contribution in [2.45, 2.75) is 17.6 Å². The number of pyridine rings is 1. The minimum absolute atomic E-state index is 0.420. The van der Waals surface area contributed by atoms with Crippen LogP contribution in [0.5, 0.6) is 5.75 Å². The third-order valence-electron chi connectivity index (χ3n) is 3.45. The Bertz CT molecular complexity index is 1010. The number of ether oxygens (including phenoxy) is 1. The van der Waals surface area contributed by atoms with E-state index >= 15 is 0 Å². The molecule has 0 saturated carbocycles. The highest BCUT2D eigenvalue weighted by Gasteiger charge is 2.10. The van der Waals surface area contributed by atoms with Crippen molar-refractivity contribution in [1.29, 1.82) is 0 Å². The van der Waals surface area contributed by atoms with Gasteiger partial charge in [0.15, 0.2) is 0 Å². The van der Waals surface area contributed by atoms with Gasteiger partial charge in [-0.05, 0) is 36.4 Å². The second-order valence-electron chi connectivity index (χ2n) is 5.37. The molecule has 0 spiro atoms. The van der Waals surface area contributed by atoms with Gasteiger partial charge in [-0.15, -0.1) is 21.5 Å². The summed E-state index contributed by atoms with van der Waals surface area (Å²) in [6, 6.07) is 10.9. The molecule has 27 heavy (non-hydrogen) atoms. The van der Waals surface area contributed by atoms with Crippen molar-refractivity contribution in [2.24, 2.45) is 0 Å². The lowest BCUT2D eigenvalue weighted by Crippen LogP contribution is -1.95. The number of benzene rings is 1. The van der Waals surface area contributed by atoms with Crippen LogP contribution in [0.4, 0.5) is 0 Å². The van der Waals surface area contributed by atoms with Gasteiger partial charge in [-0.1, -0.05) is 23.4 Å². The number of rotatable bonds is 7. The monoisotopic (exact) mass is 416 g/mol. The number of halogens is 1. The van der Waals surface area contributed by atoms with Crippen molar-refractivity contribution in [3.05, 3.63) is 69.9 Å². The molecule has 0 aliphatic carbocycles. The highest BCUT2D eigenvalue weighted by Crippen LogP contribution is 2.26. The molecule has 0 aliphatic rings. The molecule has 0 aliphatic heterocycles. The molecule has 0 radical (unpaired) electrons. The van der Waals surface area contributed by atoms with E-state index in [1.165, 1.54) is 11.8 Å². The Morgan fingerprint density at radius 3 is 2.70 bits per heavy atom. The van der Waals surface area contributed by atoms with Crippen LogP contribution in [0.15, 0.2) is 63.8 Å². The van der Waals surface area contributed by atoms with Crippen LogP contribution in [0.2, 0.25) is 5.02 Å². The van der Waals surface area contributed by atoms with E-state index in [1.807, 2.05) is 29.6 Å².